The molecular weight excluding hydrogens is 272 g/mol. The average molecular weight is 290 g/mol. The van der Waals surface area contributed by atoms with E-state index >= 15 is 0 Å². The number of nitrogens with one attached hydrogen (secondary N) is 1. The number of hydrogen-bond donors (Lipinski definition) is 2. The number of aromatic nitrogens is 2. The van der Waals surface area contributed by atoms with E-state index in [0.717, 1.165) is 25.0 Å². The number of likely N-dealkylation sites (tertiary alicyclic amines) is 1. The number of aryl methyl sites for hydroxylation is 1. The molecule has 1 saturated heterocycles. The van der Waals surface area contributed by atoms with Crippen LogP contribution in [0.25, 0.3) is 0 Å². The molecule has 2 aliphatic rings. The topological polar surface area (TPSA) is 95.4 Å². The van der Waals surface area contributed by atoms with E-state index in [9.17, 15) is 9.59 Å². The maximum atomic E-state index is 12.2. The lowest BCUT2D eigenvalue weighted by Crippen LogP contribution is -2.39. The minimum absolute atomic E-state index is 0.00579. The Labute approximate surface area is 122 Å². The summed E-state index contributed by atoms with van der Waals surface area (Å²) in [6.07, 6.45) is 4.65. The van der Waals surface area contributed by atoms with E-state index < -0.39 is 6.09 Å². The highest BCUT2D eigenvalue weighted by Gasteiger charge is 2.58. The minimum atomic E-state index is -0.874. The van der Waals surface area contributed by atoms with Crippen molar-refractivity contribution in [3.8, 4) is 0 Å². The molecule has 1 atom stereocenters. The summed E-state index contributed by atoms with van der Waals surface area (Å²) in [6.45, 7) is 2.87. The second-order valence-electron chi connectivity index (χ2n) is 5.92. The summed E-state index contributed by atoms with van der Waals surface area (Å²) in [7, 11) is 0. The minimum Gasteiger partial charge on any atom is -0.465 e. The number of nitrogens with zero attached hydrogens (tertiary/aromatic N) is 3. The monoisotopic (exact) mass is 290 g/mol. The molecule has 1 aromatic heterocycles. The predicted octanol–water partition coefficient (Wildman–Crippen LogP) is 1.50. The van der Waals surface area contributed by atoms with E-state index in [0.29, 0.717) is 18.9 Å². The number of amides is 2. The summed E-state index contributed by atoms with van der Waals surface area (Å²) in [4.78, 5) is 32.8. The number of hydrogen-bond acceptors (Lipinski definition) is 4. The summed E-state index contributed by atoms with van der Waals surface area (Å²) in [6, 6.07) is 0. The van der Waals surface area contributed by atoms with E-state index in [4.69, 9.17) is 5.11 Å². The quantitative estimate of drug-likeness (QED) is 0.860. The Kier molecular flexibility index (Phi) is 3.27. The van der Waals surface area contributed by atoms with Crippen molar-refractivity contribution in [3.63, 3.8) is 0 Å². The van der Waals surface area contributed by atoms with Crippen LogP contribution in [0, 0.1) is 18.3 Å². The van der Waals surface area contributed by atoms with Gasteiger partial charge in [0.1, 0.15) is 0 Å². The van der Waals surface area contributed by atoms with Crippen molar-refractivity contribution in [2.45, 2.75) is 26.2 Å². The van der Waals surface area contributed by atoms with Gasteiger partial charge in [0, 0.05) is 19.0 Å². The lowest BCUT2D eigenvalue weighted by Gasteiger charge is -2.30. The third kappa shape index (κ3) is 2.68. The standard InChI is InChI=1S/C14H18N4O3/c1-9-7-16-11(8-15-9)17-12(19)10-6-14(10)2-4-18(5-3-14)13(20)21/h7-8,10H,2-6H2,1H3,(H,20,21)(H,16,17,19)/t10-/m1/s1. The normalized spacial score (nSPS) is 22.9. The van der Waals surface area contributed by atoms with Gasteiger partial charge in [0.25, 0.3) is 0 Å². The highest BCUT2D eigenvalue weighted by molar-refractivity contribution is 5.94. The maximum absolute atomic E-state index is 12.2. The number of rotatable bonds is 2. The van der Waals surface area contributed by atoms with Gasteiger partial charge < -0.3 is 15.3 Å². The fourth-order valence-electron chi connectivity index (χ4n) is 3.08. The third-order valence-corrected chi connectivity index (χ3v) is 4.57. The summed E-state index contributed by atoms with van der Waals surface area (Å²) >= 11 is 0. The van der Waals surface area contributed by atoms with Gasteiger partial charge in [0.15, 0.2) is 5.82 Å². The van der Waals surface area contributed by atoms with E-state index in [2.05, 4.69) is 15.3 Å². The Morgan fingerprint density at radius 2 is 2.05 bits per heavy atom. The Bertz CT molecular complexity index is 564. The molecule has 1 aliphatic heterocycles. The molecule has 21 heavy (non-hydrogen) atoms. The molecule has 2 fully saturated rings. The molecule has 1 aliphatic carbocycles. The van der Waals surface area contributed by atoms with Gasteiger partial charge in [0.05, 0.1) is 18.1 Å². The van der Waals surface area contributed by atoms with Crippen molar-refractivity contribution in [1.82, 2.24) is 14.9 Å². The van der Waals surface area contributed by atoms with Crippen LogP contribution >= 0.6 is 0 Å². The van der Waals surface area contributed by atoms with Crippen LogP contribution in [0.4, 0.5) is 10.6 Å². The summed E-state index contributed by atoms with van der Waals surface area (Å²) in [5.41, 5.74) is 0.797. The van der Waals surface area contributed by atoms with E-state index in [1.54, 1.807) is 12.4 Å². The summed E-state index contributed by atoms with van der Waals surface area (Å²) in [5, 5.41) is 11.7. The zero-order valence-corrected chi connectivity index (χ0v) is 11.9. The average Bonchev–Trinajstić information content (AvgIpc) is 3.16. The highest BCUT2D eigenvalue weighted by atomic mass is 16.4. The molecule has 0 aromatic carbocycles. The van der Waals surface area contributed by atoms with Crippen molar-refractivity contribution in [1.29, 1.82) is 0 Å². The van der Waals surface area contributed by atoms with E-state index in [-0.39, 0.29) is 17.2 Å². The molecule has 3 rings (SSSR count). The Balaban J connectivity index is 1.56. The molecule has 0 bridgehead atoms. The molecule has 112 valence electrons. The fourth-order valence-corrected chi connectivity index (χ4v) is 3.08. The molecule has 7 nitrogen and oxygen atoms in total. The molecule has 0 unspecified atom stereocenters. The van der Waals surface area contributed by atoms with Crippen LogP contribution < -0.4 is 5.32 Å². The van der Waals surface area contributed by atoms with Gasteiger partial charge in [0.2, 0.25) is 5.91 Å². The largest absolute Gasteiger partial charge is 0.465 e. The van der Waals surface area contributed by atoms with E-state index in [1.165, 1.54) is 4.90 Å². The van der Waals surface area contributed by atoms with Gasteiger partial charge in [-0.1, -0.05) is 0 Å². The van der Waals surface area contributed by atoms with Crippen LogP contribution in [-0.4, -0.2) is 45.1 Å². The van der Waals surface area contributed by atoms with Crippen LogP contribution in [0.2, 0.25) is 0 Å². The third-order valence-electron chi connectivity index (χ3n) is 4.57. The first-order valence-electron chi connectivity index (χ1n) is 7.08. The number of carbonyl (C=O) groups excluding carboxylic acids is 1. The van der Waals surface area contributed by atoms with Crippen molar-refractivity contribution in [2.75, 3.05) is 18.4 Å². The molecular formula is C14H18N4O3. The predicted molar refractivity (Wildman–Crippen MR) is 74.8 cm³/mol. The first-order chi connectivity index (χ1) is 10.00. The SMILES string of the molecule is Cc1cnc(NC(=O)[C@H]2CC23CCN(C(=O)O)CC3)cn1. The Morgan fingerprint density at radius 3 is 2.62 bits per heavy atom. The van der Waals surface area contributed by atoms with Crippen LogP contribution in [-0.2, 0) is 4.79 Å². The second kappa shape index (κ2) is 4.98. The number of carboxylic acid groups (broad SMARTS) is 1. The van der Waals surface area contributed by atoms with Crippen LogP contribution in [0.3, 0.4) is 0 Å². The van der Waals surface area contributed by atoms with Crippen molar-refractivity contribution in [3.05, 3.63) is 18.1 Å². The smallest absolute Gasteiger partial charge is 0.407 e. The van der Waals surface area contributed by atoms with Gasteiger partial charge >= 0.3 is 6.09 Å². The van der Waals surface area contributed by atoms with Gasteiger partial charge in [-0.3, -0.25) is 9.78 Å². The number of carbonyl (C=O) groups is 2. The van der Waals surface area contributed by atoms with Crippen LogP contribution in [0.1, 0.15) is 25.0 Å². The van der Waals surface area contributed by atoms with E-state index in [1.807, 2.05) is 6.92 Å². The zero-order valence-electron chi connectivity index (χ0n) is 11.9. The van der Waals surface area contributed by atoms with Gasteiger partial charge in [-0.25, -0.2) is 9.78 Å². The molecule has 2 amide bonds. The Morgan fingerprint density at radius 1 is 1.33 bits per heavy atom. The molecule has 1 aromatic rings. The first-order valence-corrected chi connectivity index (χ1v) is 7.08. The molecule has 7 heteroatoms. The molecule has 2 N–H and O–H groups in total. The first kappa shape index (κ1) is 13.8. The van der Waals surface area contributed by atoms with Crippen molar-refractivity contribution < 1.29 is 14.7 Å². The lowest BCUT2D eigenvalue weighted by atomic mass is 9.91. The lowest BCUT2D eigenvalue weighted by molar-refractivity contribution is -0.118. The van der Waals surface area contributed by atoms with Crippen molar-refractivity contribution >= 4 is 17.8 Å². The fraction of sp³-hybridized carbons (Fsp3) is 0.571. The van der Waals surface area contributed by atoms with Gasteiger partial charge in [-0.15, -0.1) is 0 Å². The Hall–Kier alpha value is -2.18. The van der Waals surface area contributed by atoms with Gasteiger partial charge in [-0.05, 0) is 31.6 Å². The summed E-state index contributed by atoms with van der Waals surface area (Å²) < 4.78 is 0. The molecule has 2 heterocycles. The number of piperidine rings is 1. The zero-order chi connectivity index (χ0) is 15.0. The van der Waals surface area contributed by atoms with Gasteiger partial charge in [-0.2, -0.15) is 0 Å². The second-order valence-corrected chi connectivity index (χ2v) is 5.92. The number of anilines is 1. The maximum Gasteiger partial charge on any atom is 0.407 e. The molecule has 1 saturated carbocycles. The summed E-state index contributed by atoms with van der Waals surface area (Å²) in [5.74, 6) is 0.407. The highest BCUT2D eigenvalue weighted by Crippen LogP contribution is 2.59. The molecule has 0 radical (unpaired) electrons. The molecule has 1 spiro atoms. The van der Waals surface area contributed by atoms with Crippen LogP contribution in [0.15, 0.2) is 12.4 Å². The van der Waals surface area contributed by atoms with Crippen LogP contribution in [0.5, 0.6) is 0 Å². The van der Waals surface area contributed by atoms with Crippen molar-refractivity contribution in [2.24, 2.45) is 11.3 Å².